The molecule has 1 unspecified atom stereocenters. The van der Waals surface area contributed by atoms with Gasteiger partial charge in [0.15, 0.2) is 0 Å². The minimum absolute atomic E-state index is 0.0243. The Balaban J connectivity index is 2.28. The van der Waals surface area contributed by atoms with Gasteiger partial charge in [-0.15, -0.1) is 0 Å². The van der Waals surface area contributed by atoms with E-state index in [1.165, 1.54) is 0 Å². The summed E-state index contributed by atoms with van der Waals surface area (Å²) in [6, 6.07) is 0. The predicted molar refractivity (Wildman–Crippen MR) is 45.4 cm³/mol. The van der Waals surface area contributed by atoms with Crippen LogP contribution in [-0.2, 0) is 0 Å². The van der Waals surface area contributed by atoms with Gasteiger partial charge in [0, 0.05) is 12.8 Å². The first-order chi connectivity index (χ1) is 5.64. The SMILES string of the molecule is CCC(F)(F)CC1CCCNC1. The van der Waals surface area contributed by atoms with Crippen LogP contribution in [0.4, 0.5) is 8.78 Å². The van der Waals surface area contributed by atoms with Crippen molar-refractivity contribution in [3.8, 4) is 0 Å². The molecule has 0 radical (unpaired) electrons. The predicted octanol–water partition coefficient (Wildman–Crippen LogP) is 2.42. The lowest BCUT2D eigenvalue weighted by atomic mass is 9.92. The third-order valence-corrected chi connectivity index (χ3v) is 2.50. The van der Waals surface area contributed by atoms with E-state index >= 15 is 0 Å². The highest BCUT2D eigenvalue weighted by atomic mass is 19.3. The number of hydrogen-bond donors (Lipinski definition) is 1. The van der Waals surface area contributed by atoms with Crippen LogP contribution in [0.25, 0.3) is 0 Å². The molecular formula is C9H17F2N. The maximum atomic E-state index is 12.9. The van der Waals surface area contributed by atoms with Crippen molar-refractivity contribution in [2.75, 3.05) is 13.1 Å². The van der Waals surface area contributed by atoms with Crippen LogP contribution >= 0.6 is 0 Å². The first-order valence-corrected chi connectivity index (χ1v) is 4.72. The molecule has 0 spiro atoms. The van der Waals surface area contributed by atoms with Gasteiger partial charge in [0.05, 0.1) is 0 Å². The molecule has 0 aliphatic carbocycles. The van der Waals surface area contributed by atoms with Crippen molar-refractivity contribution >= 4 is 0 Å². The van der Waals surface area contributed by atoms with E-state index in [2.05, 4.69) is 5.32 Å². The van der Waals surface area contributed by atoms with Crippen LogP contribution < -0.4 is 5.32 Å². The van der Waals surface area contributed by atoms with E-state index < -0.39 is 5.92 Å². The van der Waals surface area contributed by atoms with E-state index in [4.69, 9.17) is 0 Å². The van der Waals surface area contributed by atoms with Crippen LogP contribution in [0.15, 0.2) is 0 Å². The highest BCUT2D eigenvalue weighted by Gasteiger charge is 2.30. The molecule has 0 aromatic rings. The topological polar surface area (TPSA) is 12.0 Å². The van der Waals surface area contributed by atoms with Gasteiger partial charge < -0.3 is 5.32 Å². The molecule has 0 aromatic heterocycles. The fourth-order valence-corrected chi connectivity index (χ4v) is 1.66. The summed E-state index contributed by atoms with van der Waals surface area (Å²) < 4.78 is 25.8. The van der Waals surface area contributed by atoms with Crippen molar-refractivity contribution in [3.05, 3.63) is 0 Å². The number of halogens is 2. The van der Waals surface area contributed by atoms with E-state index in [1.807, 2.05) is 0 Å². The van der Waals surface area contributed by atoms with Crippen molar-refractivity contribution in [2.24, 2.45) is 5.92 Å². The van der Waals surface area contributed by atoms with E-state index in [0.717, 1.165) is 25.9 Å². The van der Waals surface area contributed by atoms with Gasteiger partial charge in [0.2, 0.25) is 5.92 Å². The first-order valence-electron chi connectivity index (χ1n) is 4.72. The van der Waals surface area contributed by atoms with Crippen molar-refractivity contribution in [1.29, 1.82) is 0 Å². The van der Waals surface area contributed by atoms with Gasteiger partial charge in [-0.1, -0.05) is 6.92 Å². The quantitative estimate of drug-likeness (QED) is 0.698. The smallest absolute Gasteiger partial charge is 0.248 e. The van der Waals surface area contributed by atoms with Crippen molar-refractivity contribution < 1.29 is 8.78 Å². The molecular weight excluding hydrogens is 160 g/mol. The average molecular weight is 177 g/mol. The molecule has 1 atom stereocenters. The lowest BCUT2D eigenvalue weighted by Crippen LogP contribution is -2.33. The van der Waals surface area contributed by atoms with Crippen LogP contribution in [0.5, 0.6) is 0 Å². The normalized spacial score (nSPS) is 25.8. The largest absolute Gasteiger partial charge is 0.316 e. The molecule has 72 valence electrons. The van der Waals surface area contributed by atoms with Gasteiger partial charge in [0.25, 0.3) is 0 Å². The Labute approximate surface area is 72.5 Å². The molecule has 0 amide bonds. The summed E-state index contributed by atoms with van der Waals surface area (Å²) in [5.41, 5.74) is 0. The summed E-state index contributed by atoms with van der Waals surface area (Å²) in [6.45, 7) is 3.32. The summed E-state index contributed by atoms with van der Waals surface area (Å²) in [4.78, 5) is 0. The number of rotatable bonds is 3. The summed E-state index contributed by atoms with van der Waals surface area (Å²) in [5.74, 6) is -2.25. The van der Waals surface area contributed by atoms with Gasteiger partial charge in [-0.05, 0) is 31.8 Å². The van der Waals surface area contributed by atoms with Crippen molar-refractivity contribution in [2.45, 2.75) is 38.5 Å². The molecule has 1 aliphatic rings. The van der Waals surface area contributed by atoms with Gasteiger partial charge in [-0.25, -0.2) is 8.78 Å². The van der Waals surface area contributed by atoms with Gasteiger partial charge in [-0.3, -0.25) is 0 Å². The Kier molecular flexibility index (Phi) is 3.44. The molecule has 3 heteroatoms. The molecule has 1 N–H and O–H groups in total. The summed E-state index contributed by atoms with van der Waals surface area (Å²) >= 11 is 0. The lowest BCUT2D eigenvalue weighted by molar-refractivity contribution is -0.0290. The molecule has 12 heavy (non-hydrogen) atoms. The van der Waals surface area contributed by atoms with Crippen LogP contribution in [-0.4, -0.2) is 19.0 Å². The van der Waals surface area contributed by atoms with Crippen LogP contribution in [0.2, 0.25) is 0 Å². The Morgan fingerprint density at radius 2 is 2.25 bits per heavy atom. The third kappa shape index (κ3) is 3.05. The van der Waals surface area contributed by atoms with Gasteiger partial charge in [-0.2, -0.15) is 0 Å². The van der Waals surface area contributed by atoms with Crippen molar-refractivity contribution in [1.82, 2.24) is 5.32 Å². The minimum atomic E-state index is -2.44. The van der Waals surface area contributed by atoms with Crippen LogP contribution in [0, 0.1) is 5.92 Å². The molecule has 0 aromatic carbocycles. The van der Waals surface area contributed by atoms with Crippen molar-refractivity contribution in [3.63, 3.8) is 0 Å². The Bertz CT molecular complexity index is 130. The zero-order valence-electron chi connectivity index (χ0n) is 7.58. The third-order valence-electron chi connectivity index (χ3n) is 2.50. The fourth-order valence-electron chi connectivity index (χ4n) is 1.66. The Morgan fingerprint density at radius 1 is 1.50 bits per heavy atom. The zero-order valence-corrected chi connectivity index (χ0v) is 7.58. The van der Waals surface area contributed by atoms with Crippen LogP contribution in [0.1, 0.15) is 32.6 Å². The second-order valence-electron chi connectivity index (χ2n) is 3.63. The standard InChI is InChI=1S/C9H17F2N/c1-2-9(10,11)6-8-4-3-5-12-7-8/h8,12H,2-7H2,1H3. The maximum absolute atomic E-state index is 12.9. The van der Waals surface area contributed by atoms with Gasteiger partial charge in [0.1, 0.15) is 0 Å². The number of nitrogens with one attached hydrogen (secondary N) is 1. The first kappa shape index (κ1) is 9.90. The minimum Gasteiger partial charge on any atom is -0.316 e. The highest BCUT2D eigenvalue weighted by Crippen LogP contribution is 2.29. The average Bonchev–Trinajstić information content (AvgIpc) is 2.06. The highest BCUT2D eigenvalue weighted by molar-refractivity contribution is 4.75. The van der Waals surface area contributed by atoms with E-state index in [0.29, 0.717) is 0 Å². The second-order valence-corrected chi connectivity index (χ2v) is 3.63. The number of piperidine rings is 1. The van der Waals surface area contributed by atoms with Crippen LogP contribution in [0.3, 0.4) is 0 Å². The number of hydrogen-bond acceptors (Lipinski definition) is 1. The second kappa shape index (κ2) is 4.17. The van der Waals surface area contributed by atoms with Gasteiger partial charge >= 0.3 is 0 Å². The number of alkyl halides is 2. The molecule has 0 bridgehead atoms. The lowest BCUT2D eigenvalue weighted by Gasteiger charge is -2.26. The molecule has 1 aliphatic heterocycles. The molecule has 0 saturated carbocycles. The fraction of sp³-hybridized carbons (Fsp3) is 1.00. The summed E-state index contributed by atoms with van der Waals surface area (Å²) in [5, 5.41) is 3.15. The zero-order chi connectivity index (χ0) is 9.03. The molecule has 1 rings (SSSR count). The molecule has 1 heterocycles. The van der Waals surface area contributed by atoms with E-state index in [-0.39, 0.29) is 18.8 Å². The summed E-state index contributed by atoms with van der Waals surface area (Å²) in [6.07, 6.45) is 2.05. The van der Waals surface area contributed by atoms with E-state index in [9.17, 15) is 8.78 Å². The molecule has 1 fully saturated rings. The Morgan fingerprint density at radius 3 is 2.75 bits per heavy atom. The van der Waals surface area contributed by atoms with E-state index in [1.54, 1.807) is 6.92 Å². The summed E-state index contributed by atoms with van der Waals surface area (Å²) in [7, 11) is 0. The maximum Gasteiger partial charge on any atom is 0.248 e. The molecule has 1 nitrogen and oxygen atoms in total. The monoisotopic (exact) mass is 177 g/mol. The Hall–Kier alpha value is -0.180. The molecule has 1 saturated heterocycles.